The molecule has 0 spiro atoms. The number of aromatic nitrogens is 2. The number of thiophene rings is 1. The summed E-state index contributed by atoms with van der Waals surface area (Å²) in [6.07, 6.45) is 2.45. The van der Waals surface area contributed by atoms with Gasteiger partial charge in [0.15, 0.2) is 0 Å². The molecular weight excluding hydrogens is 234 g/mol. The Balaban J connectivity index is 1.74. The highest BCUT2D eigenvalue weighted by Gasteiger charge is 2.24. The lowest BCUT2D eigenvalue weighted by molar-refractivity contribution is 0.239. The van der Waals surface area contributed by atoms with Gasteiger partial charge in [0.2, 0.25) is 0 Å². The van der Waals surface area contributed by atoms with Crippen LogP contribution < -0.4 is 10.9 Å². The van der Waals surface area contributed by atoms with Gasteiger partial charge in [-0.3, -0.25) is 4.79 Å². The Kier molecular flexibility index (Phi) is 2.72. The molecule has 1 saturated carbocycles. The SMILES string of the molecule is CC1CC(NCc2nc3ccsc3c(=O)[nH]2)C1. The molecule has 3 rings (SSSR count). The van der Waals surface area contributed by atoms with Crippen molar-refractivity contribution in [2.45, 2.75) is 32.4 Å². The van der Waals surface area contributed by atoms with Crippen LogP contribution in [0.2, 0.25) is 0 Å². The van der Waals surface area contributed by atoms with Crippen LogP contribution in [0.25, 0.3) is 10.2 Å². The standard InChI is InChI=1S/C12H15N3OS/c1-7-4-8(5-7)13-6-10-14-9-2-3-17-11(9)12(16)15-10/h2-3,7-8,13H,4-6H2,1H3,(H,14,15,16). The van der Waals surface area contributed by atoms with Gasteiger partial charge in [-0.05, 0) is 30.2 Å². The van der Waals surface area contributed by atoms with Gasteiger partial charge < -0.3 is 10.3 Å². The number of hydrogen-bond donors (Lipinski definition) is 2. The summed E-state index contributed by atoms with van der Waals surface area (Å²) in [7, 11) is 0. The Bertz CT molecular complexity index is 583. The van der Waals surface area contributed by atoms with Crippen LogP contribution in [-0.4, -0.2) is 16.0 Å². The molecule has 2 N–H and O–H groups in total. The third-order valence-electron chi connectivity index (χ3n) is 3.30. The molecule has 0 radical (unpaired) electrons. The first kappa shape index (κ1) is 10.9. The zero-order valence-corrected chi connectivity index (χ0v) is 10.5. The first-order valence-corrected chi connectivity index (χ1v) is 6.80. The minimum atomic E-state index is -0.0243. The van der Waals surface area contributed by atoms with Crippen molar-refractivity contribution in [3.63, 3.8) is 0 Å². The largest absolute Gasteiger partial charge is 0.308 e. The van der Waals surface area contributed by atoms with E-state index < -0.39 is 0 Å². The fraction of sp³-hybridized carbons (Fsp3) is 0.500. The fourth-order valence-corrected chi connectivity index (χ4v) is 3.04. The van der Waals surface area contributed by atoms with E-state index in [1.165, 1.54) is 24.2 Å². The minimum Gasteiger partial charge on any atom is -0.308 e. The quantitative estimate of drug-likeness (QED) is 0.873. The van der Waals surface area contributed by atoms with Crippen LogP contribution in [0.5, 0.6) is 0 Å². The van der Waals surface area contributed by atoms with Gasteiger partial charge in [0.1, 0.15) is 10.5 Å². The zero-order valence-electron chi connectivity index (χ0n) is 9.69. The van der Waals surface area contributed by atoms with Crippen LogP contribution in [0, 0.1) is 5.92 Å². The number of hydrogen-bond acceptors (Lipinski definition) is 4. The first-order valence-electron chi connectivity index (χ1n) is 5.92. The number of nitrogens with zero attached hydrogens (tertiary/aromatic N) is 1. The molecule has 2 aromatic rings. The average Bonchev–Trinajstić information content (AvgIpc) is 2.71. The van der Waals surface area contributed by atoms with Crippen LogP contribution in [0.3, 0.4) is 0 Å². The maximum Gasteiger partial charge on any atom is 0.268 e. The van der Waals surface area contributed by atoms with Crippen LogP contribution in [0.15, 0.2) is 16.2 Å². The second kappa shape index (κ2) is 4.23. The molecule has 0 amide bonds. The predicted octanol–water partition coefficient (Wildman–Crippen LogP) is 1.87. The Hall–Kier alpha value is -1.20. The Morgan fingerprint density at radius 2 is 2.41 bits per heavy atom. The van der Waals surface area contributed by atoms with E-state index >= 15 is 0 Å². The molecule has 1 fully saturated rings. The molecule has 2 heterocycles. The number of nitrogens with one attached hydrogen (secondary N) is 2. The van der Waals surface area contributed by atoms with E-state index in [0.29, 0.717) is 17.3 Å². The summed E-state index contributed by atoms with van der Waals surface area (Å²) in [4.78, 5) is 19.0. The number of fused-ring (bicyclic) bond motifs is 1. The van der Waals surface area contributed by atoms with Crippen molar-refractivity contribution in [2.75, 3.05) is 0 Å². The smallest absolute Gasteiger partial charge is 0.268 e. The lowest BCUT2D eigenvalue weighted by Gasteiger charge is -2.33. The second-order valence-electron chi connectivity index (χ2n) is 4.80. The molecule has 17 heavy (non-hydrogen) atoms. The molecule has 0 saturated heterocycles. The van der Waals surface area contributed by atoms with E-state index in [1.807, 2.05) is 11.4 Å². The number of rotatable bonds is 3. The van der Waals surface area contributed by atoms with Gasteiger partial charge >= 0.3 is 0 Å². The van der Waals surface area contributed by atoms with E-state index in [1.54, 1.807) is 0 Å². The lowest BCUT2D eigenvalue weighted by Crippen LogP contribution is -2.40. The van der Waals surface area contributed by atoms with Gasteiger partial charge in [-0.1, -0.05) is 6.92 Å². The highest BCUT2D eigenvalue weighted by atomic mass is 32.1. The number of H-pyrrole nitrogens is 1. The lowest BCUT2D eigenvalue weighted by atomic mass is 9.82. The maximum absolute atomic E-state index is 11.7. The zero-order chi connectivity index (χ0) is 11.8. The van der Waals surface area contributed by atoms with E-state index in [9.17, 15) is 4.79 Å². The van der Waals surface area contributed by atoms with E-state index in [2.05, 4.69) is 22.2 Å². The summed E-state index contributed by atoms with van der Waals surface area (Å²) in [6, 6.07) is 2.48. The molecule has 0 atom stereocenters. The third kappa shape index (κ3) is 2.12. The van der Waals surface area contributed by atoms with Crippen molar-refractivity contribution < 1.29 is 0 Å². The molecule has 0 aromatic carbocycles. The van der Waals surface area contributed by atoms with E-state index in [4.69, 9.17) is 0 Å². The molecule has 5 heteroatoms. The fourth-order valence-electron chi connectivity index (χ4n) is 2.32. The summed E-state index contributed by atoms with van der Waals surface area (Å²) in [6.45, 7) is 2.91. The normalized spacial score (nSPS) is 23.8. The topological polar surface area (TPSA) is 57.8 Å². The van der Waals surface area contributed by atoms with E-state index in [0.717, 1.165) is 17.3 Å². The van der Waals surface area contributed by atoms with Gasteiger partial charge in [-0.15, -0.1) is 11.3 Å². The maximum atomic E-state index is 11.7. The predicted molar refractivity (Wildman–Crippen MR) is 69.3 cm³/mol. The second-order valence-corrected chi connectivity index (χ2v) is 5.72. The van der Waals surface area contributed by atoms with Crippen molar-refractivity contribution in [3.05, 3.63) is 27.6 Å². The van der Waals surface area contributed by atoms with Gasteiger partial charge in [0.05, 0.1) is 12.1 Å². The number of aromatic amines is 1. The molecule has 90 valence electrons. The van der Waals surface area contributed by atoms with Crippen LogP contribution in [0.4, 0.5) is 0 Å². The minimum absolute atomic E-state index is 0.0243. The first-order chi connectivity index (χ1) is 8.22. The molecule has 4 nitrogen and oxygen atoms in total. The van der Waals surface area contributed by atoms with Crippen molar-refractivity contribution >= 4 is 21.6 Å². The molecule has 0 unspecified atom stereocenters. The molecular formula is C12H15N3OS. The van der Waals surface area contributed by atoms with Crippen molar-refractivity contribution in [1.29, 1.82) is 0 Å². The molecule has 1 aliphatic rings. The summed E-state index contributed by atoms with van der Waals surface area (Å²) in [5.41, 5.74) is 0.779. The monoisotopic (exact) mass is 249 g/mol. The van der Waals surface area contributed by atoms with Crippen molar-refractivity contribution in [3.8, 4) is 0 Å². The Morgan fingerprint density at radius 1 is 1.59 bits per heavy atom. The highest BCUT2D eigenvalue weighted by Crippen LogP contribution is 2.26. The van der Waals surface area contributed by atoms with E-state index in [-0.39, 0.29) is 5.56 Å². The summed E-state index contributed by atoms with van der Waals surface area (Å²) < 4.78 is 0.714. The van der Waals surface area contributed by atoms with Gasteiger partial charge in [-0.25, -0.2) is 4.98 Å². The summed E-state index contributed by atoms with van der Waals surface area (Å²) >= 11 is 1.44. The molecule has 1 aliphatic carbocycles. The van der Waals surface area contributed by atoms with Crippen LogP contribution in [0.1, 0.15) is 25.6 Å². The summed E-state index contributed by atoms with van der Waals surface area (Å²) in [5, 5.41) is 5.32. The molecule has 2 aromatic heterocycles. The Morgan fingerprint density at radius 3 is 3.18 bits per heavy atom. The van der Waals surface area contributed by atoms with Crippen LogP contribution in [-0.2, 0) is 6.54 Å². The van der Waals surface area contributed by atoms with Crippen molar-refractivity contribution in [2.24, 2.45) is 5.92 Å². The van der Waals surface area contributed by atoms with Gasteiger partial charge in [-0.2, -0.15) is 0 Å². The van der Waals surface area contributed by atoms with Crippen molar-refractivity contribution in [1.82, 2.24) is 15.3 Å². The molecule has 0 bridgehead atoms. The molecule has 0 aliphatic heterocycles. The third-order valence-corrected chi connectivity index (χ3v) is 4.20. The summed E-state index contributed by atoms with van der Waals surface area (Å²) in [5.74, 6) is 1.57. The van der Waals surface area contributed by atoms with Gasteiger partial charge in [0, 0.05) is 6.04 Å². The average molecular weight is 249 g/mol. The highest BCUT2D eigenvalue weighted by molar-refractivity contribution is 7.17. The van der Waals surface area contributed by atoms with Crippen LogP contribution >= 0.6 is 11.3 Å². The van der Waals surface area contributed by atoms with Gasteiger partial charge in [0.25, 0.3) is 5.56 Å². The Labute approximate surface area is 103 Å².